The van der Waals surface area contributed by atoms with Crippen LogP contribution < -0.4 is 22.1 Å². The maximum Gasteiger partial charge on any atom is 0.271 e. The van der Waals surface area contributed by atoms with Crippen molar-refractivity contribution in [3.05, 3.63) is 41.7 Å². The van der Waals surface area contributed by atoms with Crippen molar-refractivity contribution >= 4 is 35.0 Å². The van der Waals surface area contributed by atoms with Crippen molar-refractivity contribution in [3.63, 3.8) is 0 Å². The van der Waals surface area contributed by atoms with Gasteiger partial charge in [0.05, 0.1) is 6.20 Å². The van der Waals surface area contributed by atoms with E-state index >= 15 is 0 Å². The quantitative estimate of drug-likeness (QED) is 0.483. The number of nitrogens with one attached hydrogen (secondary N) is 2. The number of carbonyl (C=O) groups excluding carboxylic acids is 3. The van der Waals surface area contributed by atoms with E-state index in [2.05, 4.69) is 20.6 Å². The normalized spacial score (nSPS) is 11.6. The van der Waals surface area contributed by atoms with Crippen LogP contribution in [0.3, 0.4) is 0 Å². The van der Waals surface area contributed by atoms with Gasteiger partial charge in [-0.3, -0.25) is 14.4 Å². The minimum Gasteiger partial charge on any atom is -0.368 e. The molecule has 10 nitrogen and oxygen atoms in total. The zero-order chi connectivity index (χ0) is 22.4. The molecule has 2 rings (SSSR count). The highest BCUT2D eigenvalue weighted by Gasteiger charge is 2.20. The molecule has 0 spiro atoms. The molecule has 0 bridgehead atoms. The van der Waals surface area contributed by atoms with Gasteiger partial charge in [0.2, 0.25) is 5.91 Å². The van der Waals surface area contributed by atoms with Gasteiger partial charge in [-0.1, -0.05) is 19.9 Å². The monoisotopic (exact) mass is 413 g/mol. The maximum absolute atomic E-state index is 12.2. The fraction of sp³-hybridized carbons (Fsp3) is 0.350. The van der Waals surface area contributed by atoms with Crippen LogP contribution >= 0.6 is 0 Å². The summed E-state index contributed by atoms with van der Waals surface area (Å²) >= 11 is 0. The summed E-state index contributed by atoms with van der Waals surface area (Å²) in [6.07, 6.45) is 1.82. The smallest absolute Gasteiger partial charge is 0.271 e. The molecular formula is C20H27N7O3. The van der Waals surface area contributed by atoms with Crippen molar-refractivity contribution < 1.29 is 14.4 Å². The molecule has 0 saturated heterocycles. The molecule has 160 valence electrons. The Bertz CT molecular complexity index is 944. The second-order valence-electron chi connectivity index (χ2n) is 7.45. The van der Waals surface area contributed by atoms with E-state index in [1.807, 2.05) is 13.8 Å². The fourth-order valence-electron chi connectivity index (χ4n) is 2.75. The lowest BCUT2D eigenvalue weighted by Crippen LogP contribution is -2.37. The first-order valence-corrected chi connectivity index (χ1v) is 9.40. The zero-order valence-corrected chi connectivity index (χ0v) is 17.5. The summed E-state index contributed by atoms with van der Waals surface area (Å²) in [6, 6.07) is 6.07. The first-order chi connectivity index (χ1) is 14.1. The van der Waals surface area contributed by atoms with E-state index in [-0.39, 0.29) is 29.2 Å². The van der Waals surface area contributed by atoms with Crippen molar-refractivity contribution in [2.45, 2.75) is 26.3 Å². The summed E-state index contributed by atoms with van der Waals surface area (Å²) in [7, 11) is 3.31. The highest BCUT2D eigenvalue weighted by atomic mass is 16.2. The van der Waals surface area contributed by atoms with Crippen LogP contribution in [-0.4, -0.2) is 52.7 Å². The highest BCUT2D eigenvalue weighted by Crippen LogP contribution is 2.21. The number of primary amides is 2. The molecule has 2 aromatic rings. The van der Waals surface area contributed by atoms with Gasteiger partial charge in [-0.05, 0) is 30.5 Å². The van der Waals surface area contributed by atoms with Crippen LogP contribution in [-0.2, 0) is 4.79 Å². The van der Waals surface area contributed by atoms with Gasteiger partial charge in [0.1, 0.15) is 11.9 Å². The van der Waals surface area contributed by atoms with E-state index < -0.39 is 17.9 Å². The van der Waals surface area contributed by atoms with Crippen molar-refractivity contribution in [2.75, 3.05) is 24.7 Å². The van der Waals surface area contributed by atoms with Crippen LogP contribution in [0.5, 0.6) is 0 Å². The Morgan fingerprint density at radius 2 is 1.87 bits per heavy atom. The second kappa shape index (κ2) is 9.68. The number of carbonyl (C=O) groups is 3. The van der Waals surface area contributed by atoms with Crippen LogP contribution in [0.2, 0.25) is 0 Å². The van der Waals surface area contributed by atoms with Crippen LogP contribution in [0.25, 0.3) is 0 Å². The average molecular weight is 413 g/mol. The highest BCUT2D eigenvalue weighted by molar-refractivity contribution is 5.97. The van der Waals surface area contributed by atoms with Crippen LogP contribution in [0.4, 0.5) is 17.3 Å². The first-order valence-electron chi connectivity index (χ1n) is 9.40. The SMILES string of the molecule is CC(C)CC(Nc1cnc(C(N)=O)c(Nc2cccc(C(=O)N(C)C)c2)n1)C(N)=O. The van der Waals surface area contributed by atoms with Gasteiger partial charge in [-0.25, -0.2) is 9.97 Å². The van der Waals surface area contributed by atoms with Crippen molar-refractivity contribution in [1.82, 2.24) is 14.9 Å². The molecule has 1 atom stereocenters. The molecule has 1 aromatic carbocycles. The number of aromatic nitrogens is 2. The molecule has 1 aromatic heterocycles. The predicted octanol–water partition coefficient (Wildman–Crippen LogP) is 1.33. The summed E-state index contributed by atoms with van der Waals surface area (Å²) < 4.78 is 0. The molecule has 3 amide bonds. The predicted molar refractivity (Wildman–Crippen MR) is 114 cm³/mol. The minimum absolute atomic E-state index is 0.0793. The van der Waals surface area contributed by atoms with Crippen molar-refractivity contribution in [1.29, 1.82) is 0 Å². The number of amides is 3. The molecule has 0 aliphatic heterocycles. The molecule has 30 heavy (non-hydrogen) atoms. The van der Waals surface area contributed by atoms with E-state index in [1.54, 1.807) is 38.4 Å². The summed E-state index contributed by atoms with van der Waals surface area (Å²) in [5.41, 5.74) is 11.8. The second-order valence-corrected chi connectivity index (χ2v) is 7.45. The van der Waals surface area contributed by atoms with E-state index in [0.717, 1.165) is 0 Å². The third kappa shape index (κ3) is 5.90. The first kappa shape index (κ1) is 22.6. The lowest BCUT2D eigenvalue weighted by molar-refractivity contribution is -0.119. The molecular weight excluding hydrogens is 386 g/mol. The van der Waals surface area contributed by atoms with Gasteiger partial charge in [-0.2, -0.15) is 0 Å². The number of benzene rings is 1. The summed E-state index contributed by atoms with van der Waals surface area (Å²) in [5.74, 6) is -0.891. The van der Waals surface area contributed by atoms with Gasteiger partial charge in [0.15, 0.2) is 11.5 Å². The van der Waals surface area contributed by atoms with Gasteiger partial charge in [0.25, 0.3) is 11.8 Å². The molecule has 0 fully saturated rings. The Morgan fingerprint density at radius 1 is 1.17 bits per heavy atom. The Labute approximate surface area is 175 Å². The lowest BCUT2D eigenvalue weighted by Gasteiger charge is -2.19. The van der Waals surface area contributed by atoms with Crippen LogP contribution in [0, 0.1) is 5.92 Å². The average Bonchev–Trinajstić information content (AvgIpc) is 2.66. The van der Waals surface area contributed by atoms with E-state index in [9.17, 15) is 14.4 Å². The molecule has 0 saturated carbocycles. The molecule has 0 radical (unpaired) electrons. The van der Waals surface area contributed by atoms with E-state index in [0.29, 0.717) is 17.7 Å². The molecule has 1 heterocycles. The van der Waals surface area contributed by atoms with Gasteiger partial charge in [-0.15, -0.1) is 0 Å². The molecule has 6 N–H and O–H groups in total. The summed E-state index contributed by atoms with van der Waals surface area (Å²) in [5, 5.41) is 5.92. The summed E-state index contributed by atoms with van der Waals surface area (Å²) in [4.78, 5) is 45.6. The zero-order valence-electron chi connectivity index (χ0n) is 17.5. The van der Waals surface area contributed by atoms with Crippen molar-refractivity contribution in [3.8, 4) is 0 Å². The Balaban J connectivity index is 2.35. The number of rotatable bonds is 9. The third-order valence-corrected chi connectivity index (χ3v) is 4.16. The van der Waals surface area contributed by atoms with Gasteiger partial charge < -0.3 is 27.0 Å². The fourth-order valence-corrected chi connectivity index (χ4v) is 2.75. The molecule has 1 unspecified atom stereocenters. The van der Waals surface area contributed by atoms with Gasteiger partial charge >= 0.3 is 0 Å². The Kier molecular flexibility index (Phi) is 7.29. The topological polar surface area (TPSA) is 156 Å². The van der Waals surface area contributed by atoms with Crippen LogP contribution in [0.1, 0.15) is 41.1 Å². The molecule has 0 aliphatic carbocycles. The number of nitrogens with two attached hydrogens (primary N) is 2. The number of nitrogens with zero attached hydrogens (tertiary/aromatic N) is 3. The lowest BCUT2D eigenvalue weighted by atomic mass is 10.0. The van der Waals surface area contributed by atoms with E-state index in [1.165, 1.54) is 11.1 Å². The van der Waals surface area contributed by atoms with Crippen molar-refractivity contribution in [2.24, 2.45) is 17.4 Å². The standard InChI is InChI=1S/C20H27N7O3/c1-11(2)8-14(17(21)28)25-15-10-23-16(18(22)29)19(26-15)24-13-7-5-6-12(9-13)20(30)27(3)4/h5-7,9-11,14H,8H2,1-4H3,(H2,21,28)(H2,22,29)(H2,24,25,26). The van der Waals surface area contributed by atoms with E-state index in [4.69, 9.17) is 11.5 Å². The number of anilines is 3. The maximum atomic E-state index is 12.2. The Hall–Kier alpha value is -3.69. The molecule has 10 heteroatoms. The van der Waals surface area contributed by atoms with Crippen LogP contribution in [0.15, 0.2) is 30.5 Å². The minimum atomic E-state index is -0.772. The summed E-state index contributed by atoms with van der Waals surface area (Å²) in [6.45, 7) is 3.93. The third-order valence-electron chi connectivity index (χ3n) is 4.16. The largest absolute Gasteiger partial charge is 0.368 e. The van der Waals surface area contributed by atoms with Gasteiger partial charge in [0, 0.05) is 25.3 Å². The number of hydrogen-bond donors (Lipinski definition) is 4. The Morgan fingerprint density at radius 3 is 2.43 bits per heavy atom. The number of hydrogen-bond acceptors (Lipinski definition) is 7. The molecule has 0 aliphatic rings.